The van der Waals surface area contributed by atoms with Gasteiger partial charge in [0, 0.05) is 24.5 Å². The Bertz CT molecular complexity index is 1530. The Morgan fingerprint density at radius 3 is 2.61 bits per heavy atom. The molecule has 0 atom stereocenters. The number of anilines is 3. The second-order valence-corrected chi connectivity index (χ2v) is 9.33. The number of hydrogen-bond donors (Lipinski definition) is 2. The summed E-state index contributed by atoms with van der Waals surface area (Å²) in [7, 11) is -2.14. The Hall–Kier alpha value is -4.24. The number of fused-ring (bicyclic) bond motifs is 1. The van der Waals surface area contributed by atoms with E-state index >= 15 is 0 Å². The van der Waals surface area contributed by atoms with Crippen LogP contribution in [0.1, 0.15) is 0 Å². The number of nitrogens with zero attached hydrogens (tertiary/aromatic N) is 4. The van der Waals surface area contributed by atoms with Gasteiger partial charge in [0.15, 0.2) is 0 Å². The summed E-state index contributed by atoms with van der Waals surface area (Å²) in [6.07, 6.45) is 3.33. The standard InChI is InChI=1S/C24H20N6O2S/c1-30(33(31,32)20-8-3-2-4-9-20)19-7-5-6-18(15-19)28-24-25-13-12-21(29-24)17-10-11-22-23(14-17)27-16-26-22/h2-16H,1H3,(H,26,27)(H,25,28,29). The number of aromatic amines is 1. The molecule has 0 aliphatic carbocycles. The number of imidazole rings is 1. The molecule has 0 aliphatic heterocycles. The van der Waals surface area contributed by atoms with Crippen molar-refractivity contribution in [3.63, 3.8) is 0 Å². The second kappa shape index (κ2) is 8.36. The molecule has 0 fully saturated rings. The van der Waals surface area contributed by atoms with E-state index in [0.29, 0.717) is 17.3 Å². The summed E-state index contributed by atoms with van der Waals surface area (Å²) in [5, 5.41) is 3.17. The lowest BCUT2D eigenvalue weighted by molar-refractivity contribution is 0.594. The predicted molar refractivity (Wildman–Crippen MR) is 129 cm³/mol. The van der Waals surface area contributed by atoms with Crippen LogP contribution < -0.4 is 9.62 Å². The van der Waals surface area contributed by atoms with E-state index in [1.807, 2.05) is 30.3 Å². The molecule has 164 valence electrons. The molecule has 2 aromatic heterocycles. The van der Waals surface area contributed by atoms with Gasteiger partial charge in [0.25, 0.3) is 10.0 Å². The summed E-state index contributed by atoms with van der Waals surface area (Å²) in [5.74, 6) is 0.405. The van der Waals surface area contributed by atoms with Crippen LogP contribution in [-0.2, 0) is 10.0 Å². The molecule has 9 heteroatoms. The fourth-order valence-electron chi connectivity index (χ4n) is 3.47. The molecule has 0 amide bonds. The molecule has 0 saturated carbocycles. The zero-order valence-electron chi connectivity index (χ0n) is 17.7. The number of H-pyrrole nitrogens is 1. The summed E-state index contributed by atoms with van der Waals surface area (Å²) in [5.41, 5.74) is 4.69. The van der Waals surface area contributed by atoms with Gasteiger partial charge in [0.05, 0.1) is 33.6 Å². The largest absolute Gasteiger partial charge is 0.345 e. The Morgan fingerprint density at radius 2 is 1.76 bits per heavy atom. The highest BCUT2D eigenvalue weighted by molar-refractivity contribution is 7.92. The first-order valence-electron chi connectivity index (χ1n) is 10.2. The van der Waals surface area contributed by atoms with Gasteiger partial charge < -0.3 is 10.3 Å². The Morgan fingerprint density at radius 1 is 0.909 bits per heavy atom. The highest BCUT2D eigenvalue weighted by Crippen LogP contribution is 2.27. The molecule has 3 aromatic carbocycles. The third-order valence-electron chi connectivity index (χ3n) is 5.24. The lowest BCUT2D eigenvalue weighted by Crippen LogP contribution is -2.26. The molecule has 5 rings (SSSR count). The molecule has 33 heavy (non-hydrogen) atoms. The molecule has 0 unspecified atom stereocenters. The fraction of sp³-hybridized carbons (Fsp3) is 0.0417. The van der Waals surface area contributed by atoms with Gasteiger partial charge in [-0.05, 0) is 48.5 Å². The zero-order chi connectivity index (χ0) is 22.8. The first kappa shape index (κ1) is 20.7. The second-order valence-electron chi connectivity index (χ2n) is 7.36. The van der Waals surface area contributed by atoms with Crippen molar-refractivity contribution in [1.82, 2.24) is 19.9 Å². The van der Waals surface area contributed by atoms with E-state index in [0.717, 1.165) is 22.3 Å². The van der Waals surface area contributed by atoms with Crippen LogP contribution >= 0.6 is 0 Å². The number of aromatic nitrogens is 4. The van der Waals surface area contributed by atoms with Gasteiger partial charge in [-0.25, -0.2) is 23.4 Å². The van der Waals surface area contributed by atoms with Crippen LogP contribution in [0.5, 0.6) is 0 Å². The van der Waals surface area contributed by atoms with Gasteiger partial charge >= 0.3 is 0 Å². The average Bonchev–Trinajstić information content (AvgIpc) is 3.32. The average molecular weight is 457 g/mol. The lowest BCUT2D eigenvalue weighted by atomic mass is 10.1. The molecule has 8 nitrogen and oxygen atoms in total. The summed E-state index contributed by atoms with van der Waals surface area (Å²) in [4.78, 5) is 16.5. The van der Waals surface area contributed by atoms with Crippen LogP contribution in [0, 0.1) is 0 Å². The van der Waals surface area contributed by atoms with Gasteiger partial charge in [-0.2, -0.15) is 0 Å². The van der Waals surface area contributed by atoms with Crippen LogP contribution in [0.15, 0.2) is 96.3 Å². The van der Waals surface area contributed by atoms with Gasteiger partial charge in [-0.1, -0.05) is 30.3 Å². The molecule has 0 spiro atoms. The lowest BCUT2D eigenvalue weighted by Gasteiger charge is -2.20. The number of rotatable bonds is 6. The molecule has 2 heterocycles. The van der Waals surface area contributed by atoms with E-state index in [1.54, 1.807) is 61.1 Å². The van der Waals surface area contributed by atoms with E-state index < -0.39 is 10.0 Å². The van der Waals surface area contributed by atoms with Crippen LogP contribution in [-0.4, -0.2) is 35.4 Å². The molecule has 0 aliphatic rings. The highest BCUT2D eigenvalue weighted by Gasteiger charge is 2.21. The Kier molecular flexibility index (Phi) is 5.23. The molecule has 5 aromatic rings. The first-order valence-corrected chi connectivity index (χ1v) is 11.6. The van der Waals surface area contributed by atoms with E-state index in [-0.39, 0.29) is 4.90 Å². The van der Waals surface area contributed by atoms with Gasteiger partial charge in [-0.3, -0.25) is 4.31 Å². The van der Waals surface area contributed by atoms with Crippen LogP contribution in [0.3, 0.4) is 0 Å². The minimum atomic E-state index is -3.67. The number of benzene rings is 3. The molecule has 2 N–H and O–H groups in total. The minimum absolute atomic E-state index is 0.233. The maximum atomic E-state index is 13.0. The van der Waals surface area contributed by atoms with E-state index in [2.05, 4.69) is 25.3 Å². The minimum Gasteiger partial charge on any atom is -0.345 e. The smallest absolute Gasteiger partial charge is 0.264 e. The first-order chi connectivity index (χ1) is 16.0. The third kappa shape index (κ3) is 4.13. The van der Waals surface area contributed by atoms with Gasteiger partial charge in [0.2, 0.25) is 5.95 Å². The summed E-state index contributed by atoms with van der Waals surface area (Å²) >= 11 is 0. The van der Waals surface area contributed by atoms with Crippen molar-refractivity contribution in [2.75, 3.05) is 16.7 Å². The van der Waals surface area contributed by atoms with Crippen molar-refractivity contribution in [2.45, 2.75) is 4.90 Å². The molecule has 0 radical (unpaired) electrons. The normalized spacial score (nSPS) is 11.4. The molecule has 0 saturated heterocycles. The van der Waals surface area contributed by atoms with Crippen molar-refractivity contribution in [2.24, 2.45) is 0 Å². The number of nitrogens with one attached hydrogen (secondary N) is 2. The van der Waals surface area contributed by atoms with E-state index in [9.17, 15) is 8.42 Å². The summed E-state index contributed by atoms with van der Waals surface area (Å²) in [6.45, 7) is 0. The Balaban J connectivity index is 1.40. The van der Waals surface area contributed by atoms with Crippen molar-refractivity contribution in [1.29, 1.82) is 0 Å². The third-order valence-corrected chi connectivity index (χ3v) is 7.04. The van der Waals surface area contributed by atoms with E-state index in [4.69, 9.17) is 0 Å². The topological polar surface area (TPSA) is 104 Å². The van der Waals surface area contributed by atoms with Crippen molar-refractivity contribution < 1.29 is 8.42 Å². The summed E-state index contributed by atoms with van der Waals surface area (Å²) < 4.78 is 27.2. The maximum absolute atomic E-state index is 13.0. The molecule has 0 bridgehead atoms. The Labute approximate surface area is 191 Å². The maximum Gasteiger partial charge on any atom is 0.264 e. The monoisotopic (exact) mass is 456 g/mol. The number of hydrogen-bond acceptors (Lipinski definition) is 6. The van der Waals surface area contributed by atoms with Crippen LogP contribution in [0.2, 0.25) is 0 Å². The quantitative estimate of drug-likeness (QED) is 0.387. The highest BCUT2D eigenvalue weighted by atomic mass is 32.2. The van der Waals surface area contributed by atoms with E-state index in [1.165, 1.54) is 11.4 Å². The number of sulfonamides is 1. The van der Waals surface area contributed by atoms with Crippen LogP contribution in [0.25, 0.3) is 22.3 Å². The zero-order valence-corrected chi connectivity index (χ0v) is 18.5. The van der Waals surface area contributed by atoms with Crippen molar-refractivity contribution in [3.05, 3.63) is 91.4 Å². The van der Waals surface area contributed by atoms with Gasteiger partial charge in [-0.15, -0.1) is 0 Å². The van der Waals surface area contributed by atoms with Crippen molar-refractivity contribution in [3.8, 4) is 11.3 Å². The molecular formula is C24H20N6O2S. The SMILES string of the molecule is CN(c1cccc(Nc2nccc(-c3ccc4nc[nH]c4c3)n2)c1)S(=O)(=O)c1ccccc1. The predicted octanol–water partition coefficient (Wildman–Crippen LogP) is 4.59. The van der Waals surface area contributed by atoms with Crippen LogP contribution in [0.4, 0.5) is 17.3 Å². The van der Waals surface area contributed by atoms with Crippen molar-refractivity contribution >= 4 is 38.4 Å². The molecular weight excluding hydrogens is 436 g/mol. The van der Waals surface area contributed by atoms with Gasteiger partial charge in [0.1, 0.15) is 0 Å². The summed E-state index contributed by atoms with van der Waals surface area (Å²) in [6, 6.07) is 23.1. The fourth-order valence-corrected chi connectivity index (χ4v) is 4.68.